The van der Waals surface area contributed by atoms with Crippen LogP contribution >= 0.6 is 0 Å². The summed E-state index contributed by atoms with van der Waals surface area (Å²) in [7, 11) is 0. The average Bonchev–Trinajstić information content (AvgIpc) is 3.00. The third-order valence-electron chi connectivity index (χ3n) is 3.87. The van der Waals surface area contributed by atoms with Crippen LogP contribution in [0.4, 0.5) is 11.5 Å². The van der Waals surface area contributed by atoms with Crippen LogP contribution in [-0.4, -0.2) is 9.78 Å². The van der Waals surface area contributed by atoms with Crippen LogP contribution in [-0.2, 0) is 0 Å². The van der Waals surface area contributed by atoms with Crippen LogP contribution in [0.1, 0.15) is 0 Å². The Morgan fingerprint density at radius 3 is 2.00 bits per heavy atom. The minimum Gasteiger partial charge on any atom is -0.448 e. The monoisotopic (exact) mass is 343 g/mol. The maximum atomic E-state index is 13.0. The molecule has 0 bridgehead atoms. The van der Waals surface area contributed by atoms with E-state index in [0.717, 1.165) is 11.4 Å². The van der Waals surface area contributed by atoms with Crippen molar-refractivity contribution in [2.24, 2.45) is 0 Å². The Labute approximate surface area is 150 Å². The molecule has 5 heteroatoms. The van der Waals surface area contributed by atoms with E-state index in [4.69, 9.17) is 4.74 Å². The largest absolute Gasteiger partial charge is 0.448 e. The number of aromatic amines is 1. The minimum absolute atomic E-state index is 0.212. The van der Waals surface area contributed by atoms with Crippen molar-refractivity contribution in [1.82, 2.24) is 9.78 Å². The molecule has 4 rings (SSSR count). The van der Waals surface area contributed by atoms with Crippen molar-refractivity contribution in [3.63, 3.8) is 0 Å². The molecule has 0 aliphatic carbocycles. The molecular weight excluding hydrogens is 326 g/mol. The number of nitrogens with zero attached hydrogens (tertiary/aromatic N) is 1. The van der Waals surface area contributed by atoms with E-state index in [1.807, 2.05) is 91.0 Å². The fourth-order valence-corrected chi connectivity index (χ4v) is 2.63. The Morgan fingerprint density at radius 2 is 1.35 bits per heavy atom. The summed E-state index contributed by atoms with van der Waals surface area (Å²) in [5, 5.41) is 6.33. The number of para-hydroxylation sites is 3. The highest BCUT2D eigenvalue weighted by molar-refractivity contribution is 5.63. The van der Waals surface area contributed by atoms with E-state index in [1.54, 1.807) is 0 Å². The minimum atomic E-state index is -0.265. The van der Waals surface area contributed by atoms with Gasteiger partial charge in [0.2, 0.25) is 5.75 Å². The first kappa shape index (κ1) is 15.8. The molecule has 0 fully saturated rings. The second kappa shape index (κ2) is 7.03. The Hall–Kier alpha value is -3.73. The van der Waals surface area contributed by atoms with Crippen molar-refractivity contribution in [3.8, 4) is 17.2 Å². The van der Waals surface area contributed by atoms with Crippen molar-refractivity contribution in [2.45, 2.75) is 0 Å². The molecule has 0 spiro atoms. The van der Waals surface area contributed by atoms with E-state index in [0.29, 0.717) is 11.6 Å². The number of aromatic nitrogens is 2. The van der Waals surface area contributed by atoms with E-state index in [9.17, 15) is 4.79 Å². The number of hydrogen-bond acceptors (Lipinski definition) is 3. The second-order valence-corrected chi connectivity index (χ2v) is 5.70. The van der Waals surface area contributed by atoms with Gasteiger partial charge >= 0.3 is 5.56 Å². The number of H-pyrrole nitrogens is 1. The lowest BCUT2D eigenvalue weighted by Gasteiger charge is -2.07. The molecule has 0 aliphatic heterocycles. The molecule has 0 radical (unpaired) electrons. The first-order chi connectivity index (χ1) is 12.8. The average molecular weight is 343 g/mol. The van der Waals surface area contributed by atoms with Gasteiger partial charge in [0, 0.05) is 5.69 Å². The Balaban J connectivity index is 1.79. The molecule has 1 aromatic heterocycles. The molecule has 2 N–H and O–H groups in total. The van der Waals surface area contributed by atoms with E-state index in [1.165, 1.54) is 4.68 Å². The van der Waals surface area contributed by atoms with Gasteiger partial charge in [0.15, 0.2) is 5.82 Å². The maximum absolute atomic E-state index is 13.0. The number of hydrogen-bond donors (Lipinski definition) is 2. The van der Waals surface area contributed by atoms with E-state index < -0.39 is 0 Å². The Morgan fingerprint density at radius 1 is 0.769 bits per heavy atom. The summed E-state index contributed by atoms with van der Waals surface area (Å²) >= 11 is 0. The molecule has 0 aliphatic rings. The zero-order chi connectivity index (χ0) is 17.8. The number of ether oxygens (including phenoxy) is 1. The first-order valence-corrected chi connectivity index (χ1v) is 8.27. The molecule has 128 valence electrons. The molecule has 0 unspecified atom stereocenters. The van der Waals surface area contributed by atoms with Crippen molar-refractivity contribution >= 4 is 11.5 Å². The SMILES string of the molecule is O=c1c(Oc2ccccc2)c(Nc2ccccc2)[nH]n1-c1ccccc1. The molecule has 0 amide bonds. The van der Waals surface area contributed by atoms with Gasteiger partial charge in [-0.05, 0) is 36.4 Å². The molecule has 4 aromatic rings. The number of benzene rings is 3. The fourth-order valence-electron chi connectivity index (χ4n) is 2.63. The van der Waals surface area contributed by atoms with Gasteiger partial charge in [0.05, 0.1) is 5.69 Å². The molecule has 0 saturated carbocycles. The van der Waals surface area contributed by atoms with Crippen LogP contribution in [0.2, 0.25) is 0 Å². The summed E-state index contributed by atoms with van der Waals surface area (Å²) in [5.74, 6) is 1.30. The zero-order valence-corrected chi connectivity index (χ0v) is 13.9. The van der Waals surface area contributed by atoms with Gasteiger partial charge in [0.1, 0.15) is 5.75 Å². The van der Waals surface area contributed by atoms with Crippen LogP contribution in [0.3, 0.4) is 0 Å². The lowest BCUT2D eigenvalue weighted by atomic mass is 10.3. The second-order valence-electron chi connectivity index (χ2n) is 5.70. The predicted octanol–water partition coefficient (Wildman–Crippen LogP) is 4.70. The quantitative estimate of drug-likeness (QED) is 0.552. The highest BCUT2D eigenvalue weighted by atomic mass is 16.5. The van der Waals surface area contributed by atoms with Gasteiger partial charge < -0.3 is 10.1 Å². The smallest absolute Gasteiger partial charge is 0.316 e. The van der Waals surface area contributed by atoms with Crippen LogP contribution in [0.25, 0.3) is 5.69 Å². The van der Waals surface area contributed by atoms with E-state index in [-0.39, 0.29) is 11.3 Å². The van der Waals surface area contributed by atoms with Gasteiger partial charge in [-0.2, -0.15) is 0 Å². The van der Waals surface area contributed by atoms with Gasteiger partial charge in [-0.1, -0.05) is 54.6 Å². The third kappa shape index (κ3) is 3.23. The van der Waals surface area contributed by atoms with Gasteiger partial charge in [-0.25, -0.2) is 4.68 Å². The lowest BCUT2D eigenvalue weighted by Crippen LogP contribution is -2.15. The van der Waals surface area contributed by atoms with Gasteiger partial charge in [-0.15, -0.1) is 0 Å². The fraction of sp³-hybridized carbons (Fsp3) is 0. The summed E-state index contributed by atoms with van der Waals surface area (Å²) < 4.78 is 7.35. The van der Waals surface area contributed by atoms with Gasteiger partial charge in [0.25, 0.3) is 0 Å². The summed E-state index contributed by atoms with van der Waals surface area (Å²) in [6.45, 7) is 0. The van der Waals surface area contributed by atoms with Crippen LogP contribution in [0.15, 0.2) is 95.8 Å². The summed E-state index contributed by atoms with van der Waals surface area (Å²) in [5.41, 5.74) is 1.32. The highest BCUT2D eigenvalue weighted by Gasteiger charge is 2.18. The van der Waals surface area contributed by atoms with Crippen LogP contribution < -0.4 is 15.6 Å². The lowest BCUT2D eigenvalue weighted by molar-refractivity contribution is 0.479. The standard InChI is InChI=1S/C21H17N3O2/c25-21-19(26-18-14-8-3-9-15-18)20(22-16-10-4-1-5-11-16)23-24(21)17-12-6-2-7-13-17/h1-15,22-23H. The Bertz CT molecular complexity index is 1040. The van der Waals surface area contributed by atoms with Crippen molar-refractivity contribution in [1.29, 1.82) is 0 Å². The third-order valence-corrected chi connectivity index (χ3v) is 3.87. The number of anilines is 2. The summed E-state index contributed by atoms with van der Waals surface area (Å²) in [6, 6.07) is 28.2. The van der Waals surface area contributed by atoms with E-state index >= 15 is 0 Å². The Kier molecular flexibility index (Phi) is 4.26. The predicted molar refractivity (Wildman–Crippen MR) is 103 cm³/mol. The van der Waals surface area contributed by atoms with Crippen molar-refractivity contribution in [3.05, 3.63) is 101 Å². The maximum Gasteiger partial charge on any atom is 0.316 e. The highest BCUT2D eigenvalue weighted by Crippen LogP contribution is 2.28. The summed E-state index contributed by atoms with van der Waals surface area (Å²) in [6.07, 6.45) is 0. The molecule has 0 saturated heterocycles. The van der Waals surface area contributed by atoms with Crippen molar-refractivity contribution < 1.29 is 4.74 Å². The van der Waals surface area contributed by atoms with E-state index in [2.05, 4.69) is 10.4 Å². The molecule has 3 aromatic carbocycles. The first-order valence-electron chi connectivity index (χ1n) is 8.27. The molecule has 5 nitrogen and oxygen atoms in total. The number of nitrogens with one attached hydrogen (secondary N) is 2. The van der Waals surface area contributed by atoms with Crippen LogP contribution in [0.5, 0.6) is 11.5 Å². The number of rotatable bonds is 5. The summed E-state index contributed by atoms with van der Waals surface area (Å²) in [4.78, 5) is 13.0. The molecule has 0 atom stereocenters. The van der Waals surface area contributed by atoms with Gasteiger partial charge in [-0.3, -0.25) is 9.89 Å². The molecular formula is C21H17N3O2. The molecule has 26 heavy (non-hydrogen) atoms. The van der Waals surface area contributed by atoms with Crippen molar-refractivity contribution in [2.75, 3.05) is 5.32 Å². The van der Waals surface area contributed by atoms with Crippen LogP contribution in [0, 0.1) is 0 Å². The molecule has 1 heterocycles. The normalized spacial score (nSPS) is 10.5. The topological polar surface area (TPSA) is 59.0 Å². The zero-order valence-electron chi connectivity index (χ0n) is 13.9.